The van der Waals surface area contributed by atoms with Crippen LogP contribution in [-0.4, -0.2) is 30.3 Å². The van der Waals surface area contributed by atoms with Gasteiger partial charge in [-0.25, -0.2) is 4.39 Å². The van der Waals surface area contributed by atoms with E-state index in [0.29, 0.717) is 23.4 Å². The van der Waals surface area contributed by atoms with Crippen LogP contribution in [-0.2, 0) is 6.42 Å². The Morgan fingerprint density at radius 1 is 1.11 bits per heavy atom. The smallest absolute Gasteiger partial charge is 0.291 e. The van der Waals surface area contributed by atoms with E-state index in [9.17, 15) is 14.0 Å². The molecule has 0 spiro atoms. The van der Waals surface area contributed by atoms with Crippen LogP contribution in [0.4, 0.5) is 10.1 Å². The molecule has 0 bridgehead atoms. The van der Waals surface area contributed by atoms with E-state index >= 15 is 0 Å². The van der Waals surface area contributed by atoms with Gasteiger partial charge in [-0.1, -0.05) is 18.2 Å². The summed E-state index contributed by atoms with van der Waals surface area (Å²) in [6, 6.07) is 14.5. The first-order chi connectivity index (χ1) is 13.0. The fourth-order valence-electron chi connectivity index (χ4n) is 3.13. The number of nitrogens with zero attached hydrogens (tertiary/aromatic N) is 1. The molecule has 1 aliphatic rings. The summed E-state index contributed by atoms with van der Waals surface area (Å²) in [6.07, 6.45) is 0.788. The minimum absolute atomic E-state index is 0.0628. The van der Waals surface area contributed by atoms with Crippen LogP contribution in [0.3, 0.4) is 0 Å². The lowest BCUT2D eigenvalue weighted by atomic mass is 9.99. The van der Waals surface area contributed by atoms with Crippen LogP contribution in [0.15, 0.2) is 59.0 Å². The lowest BCUT2D eigenvalue weighted by Gasteiger charge is -2.25. The molecule has 0 unspecified atom stereocenters. The molecule has 0 aliphatic carbocycles. The zero-order valence-corrected chi connectivity index (χ0v) is 14.7. The van der Waals surface area contributed by atoms with Gasteiger partial charge in [0.2, 0.25) is 0 Å². The SMILES string of the molecule is CN1CCc2ccc(NC(=O)c3ccc(-c4ccccc4F)o3)cc2C1=O. The van der Waals surface area contributed by atoms with Crippen molar-refractivity contribution in [3.63, 3.8) is 0 Å². The van der Waals surface area contributed by atoms with Crippen molar-refractivity contribution < 1.29 is 18.4 Å². The first-order valence-corrected chi connectivity index (χ1v) is 8.57. The molecule has 0 radical (unpaired) electrons. The molecule has 0 saturated heterocycles. The van der Waals surface area contributed by atoms with E-state index in [1.165, 1.54) is 12.1 Å². The van der Waals surface area contributed by atoms with Crippen LogP contribution in [0.5, 0.6) is 0 Å². The molecule has 4 rings (SSSR count). The Bertz CT molecular complexity index is 1040. The van der Waals surface area contributed by atoms with Crippen LogP contribution >= 0.6 is 0 Å². The van der Waals surface area contributed by atoms with Gasteiger partial charge in [0.05, 0.1) is 5.56 Å². The molecular formula is C21H17FN2O3. The largest absolute Gasteiger partial charge is 0.451 e. The van der Waals surface area contributed by atoms with Crippen molar-refractivity contribution in [3.05, 3.63) is 77.3 Å². The number of rotatable bonds is 3. The predicted molar refractivity (Wildman–Crippen MR) is 99.2 cm³/mol. The number of fused-ring (bicyclic) bond motifs is 1. The highest BCUT2D eigenvalue weighted by molar-refractivity contribution is 6.04. The fourth-order valence-corrected chi connectivity index (χ4v) is 3.13. The van der Waals surface area contributed by atoms with Gasteiger partial charge in [-0.2, -0.15) is 0 Å². The van der Waals surface area contributed by atoms with E-state index in [0.717, 1.165) is 12.0 Å². The number of anilines is 1. The summed E-state index contributed by atoms with van der Waals surface area (Å²) in [6.45, 7) is 0.683. The molecule has 1 aliphatic heterocycles. The Morgan fingerprint density at radius 2 is 1.93 bits per heavy atom. The molecule has 1 N–H and O–H groups in total. The summed E-state index contributed by atoms with van der Waals surface area (Å²) in [5.41, 5.74) is 2.36. The minimum Gasteiger partial charge on any atom is -0.451 e. The number of likely N-dealkylation sites (N-methyl/N-ethyl adjacent to an activating group) is 1. The van der Waals surface area contributed by atoms with Crippen LogP contribution in [0.2, 0.25) is 0 Å². The molecule has 6 heteroatoms. The maximum atomic E-state index is 13.9. The lowest BCUT2D eigenvalue weighted by Crippen LogP contribution is -2.34. The Labute approximate surface area is 155 Å². The summed E-state index contributed by atoms with van der Waals surface area (Å²) >= 11 is 0. The maximum absolute atomic E-state index is 13.9. The van der Waals surface area contributed by atoms with Crippen LogP contribution in [0, 0.1) is 5.82 Å². The molecule has 2 amide bonds. The minimum atomic E-state index is -0.464. The highest BCUT2D eigenvalue weighted by atomic mass is 19.1. The third-order valence-electron chi connectivity index (χ3n) is 4.63. The van der Waals surface area contributed by atoms with E-state index in [2.05, 4.69) is 5.32 Å². The Morgan fingerprint density at radius 3 is 2.74 bits per heavy atom. The molecule has 5 nitrogen and oxygen atoms in total. The molecule has 136 valence electrons. The second-order valence-electron chi connectivity index (χ2n) is 6.45. The van der Waals surface area contributed by atoms with Gasteiger partial charge in [-0.3, -0.25) is 9.59 Å². The standard InChI is InChI=1S/C21H17FN2O3/c1-24-11-10-13-6-7-14(12-16(13)21(24)26)23-20(25)19-9-8-18(27-19)15-4-2-3-5-17(15)22/h2-9,12H,10-11H2,1H3,(H,23,25). The van der Waals surface area contributed by atoms with E-state index in [1.54, 1.807) is 48.3 Å². The molecule has 3 aromatic rings. The van der Waals surface area contributed by atoms with Crippen LogP contribution in [0.1, 0.15) is 26.5 Å². The Balaban J connectivity index is 1.55. The zero-order valence-electron chi connectivity index (χ0n) is 14.7. The molecule has 1 aromatic heterocycles. The number of carbonyl (C=O) groups is 2. The first kappa shape index (κ1) is 17.0. The maximum Gasteiger partial charge on any atom is 0.291 e. The number of hydrogen-bond acceptors (Lipinski definition) is 3. The molecular weight excluding hydrogens is 347 g/mol. The van der Waals surface area contributed by atoms with E-state index in [4.69, 9.17) is 4.42 Å². The normalized spacial score (nSPS) is 13.4. The average molecular weight is 364 g/mol. The number of benzene rings is 2. The van der Waals surface area contributed by atoms with Gasteiger partial charge in [0, 0.05) is 24.8 Å². The number of hydrogen-bond donors (Lipinski definition) is 1. The zero-order chi connectivity index (χ0) is 19.0. The number of nitrogens with one attached hydrogen (secondary N) is 1. The van der Waals surface area contributed by atoms with Gasteiger partial charge in [0.25, 0.3) is 11.8 Å². The van der Waals surface area contributed by atoms with E-state index in [1.807, 2.05) is 6.07 Å². The van der Waals surface area contributed by atoms with Gasteiger partial charge < -0.3 is 14.6 Å². The first-order valence-electron chi connectivity index (χ1n) is 8.57. The molecule has 27 heavy (non-hydrogen) atoms. The van der Waals surface area contributed by atoms with Gasteiger partial charge in [0.15, 0.2) is 5.76 Å². The number of amides is 2. The second-order valence-corrected chi connectivity index (χ2v) is 6.45. The third-order valence-corrected chi connectivity index (χ3v) is 4.63. The van der Waals surface area contributed by atoms with E-state index < -0.39 is 11.7 Å². The van der Waals surface area contributed by atoms with Crippen LogP contribution in [0.25, 0.3) is 11.3 Å². The molecule has 0 saturated carbocycles. The highest BCUT2D eigenvalue weighted by Crippen LogP contribution is 2.26. The summed E-state index contributed by atoms with van der Waals surface area (Å²) < 4.78 is 19.4. The Hall–Kier alpha value is -3.41. The lowest BCUT2D eigenvalue weighted by molar-refractivity contribution is 0.0780. The van der Waals surface area contributed by atoms with Gasteiger partial charge in [-0.05, 0) is 48.4 Å². The van der Waals surface area contributed by atoms with Crippen molar-refractivity contribution >= 4 is 17.5 Å². The van der Waals surface area contributed by atoms with E-state index in [-0.39, 0.29) is 17.4 Å². The van der Waals surface area contributed by atoms with Crippen molar-refractivity contribution in [1.82, 2.24) is 4.90 Å². The molecule has 2 aromatic carbocycles. The molecule has 0 atom stereocenters. The summed E-state index contributed by atoms with van der Waals surface area (Å²) in [5, 5.41) is 2.73. The summed E-state index contributed by atoms with van der Waals surface area (Å²) in [4.78, 5) is 26.4. The van der Waals surface area contributed by atoms with Crippen molar-refractivity contribution in [2.24, 2.45) is 0 Å². The third kappa shape index (κ3) is 3.21. The quantitative estimate of drug-likeness (QED) is 0.765. The van der Waals surface area contributed by atoms with Gasteiger partial charge >= 0.3 is 0 Å². The highest BCUT2D eigenvalue weighted by Gasteiger charge is 2.22. The van der Waals surface area contributed by atoms with Crippen molar-refractivity contribution in [3.8, 4) is 11.3 Å². The van der Waals surface area contributed by atoms with Crippen molar-refractivity contribution in [1.29, 1.82) is 0 Å². The molecule has 0 fully saturated rings. The summed E-state index contributed by atoms with van der Waals surface area (Å²) in [5.74, 6) is -0.604. The Kier molecular flexibility index (Phi) is 4.24. The average Bonchev–Trinajstić information content (AvgIpc) is 3.15. The van der Waals surface area contributed by atoms with Crippen molar-refractivity contribution in [2.75, 3.05) is 18.9 Å². The monoisotopic (exact) mass is 364 g/mol. The van der Waals surface area contributed by atoms with Crippen LogP contribution < -0.4 is 5.32 Å². The van der Waals surface area contributed by atoms with Gasteiger partial charge in [0.1, 0.15) is 11.6 Å². The predicted octanol–water partition coefficient (Wildman–Crippen LogP) is 3.97. The number of carbonyl (C=O) groups excluding carboxylic acids is 2. The van der Waals surface area contributed by atoms with Crippen molar-refractivity contribution in [2.45, 2.75) is 6.42 Å². The van der Waals surface area contributed by atoms with Gasteiger partial charge in [-0.15, -0.1) is 0 Å². The molecule has 2 heterocycles. The number of halogens is 1. The fraction of sp³-hybridized carbons (Fsp3) is 0.143. The number of furan rings is 1. The second kappa shape index (κ2) is 6.72. The topological polar surface area (TPSA) is 62.6 Å². The summed E-state index contributed by atoms with van der Waals surface area (Å²) in [7, 11) is 1.75.